The molecule has 0 aromatic carbocycles. The van der Waals surface area contributed by atoms with Crippen molar-refractivity contribution < 1.29 is 14.4 Å². The van der Waals surface area contributed by atoms with Gasteiger partial charge in [0.2, 0.25) is 11.8 Å². The van der Waals surface area contributed by atoms with Crippen LogP contribution in [0.5, 0.6) is 0 Å². The Morgan fingerprint density at radius 3 is 2.31 bits per heavy atom. The fourth-order valence-corrected chi connectivity index (χ4v) is 5.54. The number of amides is 3. The molecule has 3 aliphatic heterocycles. The van der Waals surface area contributed by atoms with Gasteiger partial charge in [-0.15, -0.1) is 11.3 Å². The number of hydrogen-bond donors (Lipinski definition) is 0. The van der Waals surface area contributed by atoms with Gasteiger partial charge in [-0.05, 0) is 31.9 Å². The van der Waals surface area contributed by atoms with Gasteiger partial charge in [0.15, 0.2) is 0 Å². The Hall–Kier alpha value is -1.89. The molecule has 4 rings (SSSR count). The van der Waals surface area contributed by atoms with Crippen molar-refractivity contribution in [2.24, 2.45) is 11.3 Å². The van der Waals surface area contributed by atoms with Crippen LogP contribution in [0.4, 0.5) is 0 Å². The van der Waals surface area contributed by atoms with Crippen molar-refractivity contribution in [3.05, 3.63) is 21.9 Å². The van der Waals surface area contributed by atoms with Crippen LogP contribution in [-0.4, -0.2) is 71.7 Å². The maximum atomic E-state index is 13.4. The van der Waals surface area contributed by atoms with Gasteiger partial charge in [-0.3, -0.25) is 14.4 Å². The number of nitrogens with zero attached hydrogens (tertiary/aromatic N) is 3. The molecule has 3 fully saturated rings. The Bertz CT molecular complexity index is 755. The van der Waals surface area contributed by atoms with Gasteiger partial charge in [-0.25, -0.2) is 0 Å². The first-order valence-corrected chi connectivity index (χ1v) is 10.1. The lowest BCUT2D eigenvalue weighted by Crippen LogP contribution is -2.49. The quantitative estimate of drug-likeness (QED) is 0.789. The largest absolute Gasteiger partial charge is 0.342 e. The molecule has 3 aliphatic rings. The maximum Gasteiger partial charge on any atom is 0.263 e. The number of thiophene rings is 1. The summed E-state index contributed by atoms with van der Waals surface area (Å²) in [7, 11) is 0. The van der Waals surface area contributed by atoms with Crippen molar-refractivity contribution in [1.82, 2.24) is 14.7 Å². The summed E-state index contributed by atoms with van der Waals surface area (Å²) in [5.41, 5.74) is -0.627. The van der Waals surface area contributed by atoms with E-state index in [9.17, 15) is 14.4 Å². The van der Waals surface area contributed by atoms with E-state index in [-0.39, 0.29) is 23.6 Å². The van der Waals surface area contributed by atoms with Gasteiger partial charge in [-0.1, -0.05) is 0 Å². The predicted octanol–water partition coefficient (Wildman–Crippen LogP) is 1.60. The first-order valence-electron chi connectivity index (χ1n) is 9.31. The number of likely N-dealkylation sites (tertiary alicyclic amines) is 3. The van der Waals surface area contributed by atoms with Gasteiger partial charge in [0.05, 0.1) is 10.3 Å². The normalized spacial score (nSPS) is 27.9. The molecule has 0 bridgehead atoms. The summed E-state index contributed by atoms with van der Waals surface area (Å²) in [5.74, 6) is 0.200. The molecule has 0 unspecified atom stereocenters. The summed E-state index contributed by atoms with van der Waals surface area (Å²) >= 11 is 1.50. The monoisotopic (exact) mass is 375 g/mol. The van der Waals surface area contributed by atoms with Gasteiger partial charge in [0, 0.05) is 57.0 Å². The molecule has 2 atom stereocenters. The second-order valence-electron chi connectivity index (χ2n) is 7.85. The third-order valence-electron chi connectivity index (χ3n) is 6.11. The molecule has 4 heterocycles. The summed E-state index contributed by atoms with van der Waals surface area (Å²) in [6, 6.07) is 3.82. The Labute approximate surface area is 157 Å². The van der Waals surface area contributed by atoms with Crippen LogP contribution in [0.2, 0.25) is 0 Å². The molecular weight excluding hydrogens is 350 g/mol. The predicted molar refractivity (Wildman–Crippen MR) is 99.0 cm³/mol. The molecule has 3 amide bonds. The van der Waals surface area contributed by atoms with E-state index in [0.29, 0.717) is 26.2 Å². The average molecular weight is 375 g/mol. The van der Waals surface area contributed by atoms with Crippen LogP contribution in [0.15, 0.2) is 12.1 Å². The molecule has 0 saturated carbocycles. The van der Waals surface area contributed by atoms with Gasteiger partial charge in [-0.2, -0.15) is 0 Å². The molecule has 1 aromatic rings. The highest BCUT2D eigenvalue weighted by atomic mass is 32.1. The second-order valence-corrected chi connectivity index (χ2v) is 9.14. The van der Waals surface area contributed by atoms with E-state index in [1.54, 1.807) is 11.8 Å². The van der Waals surface area contributed by atoms with Crippen LogP contribution in [0.25, 0.3) is 0 Å². The van der Waals surface area contributed by atoms with Crippen molar-refractivity contribution in [3.8, 4) is 0 Å². The molecule has 26 heavy (non-hydrogen) atoms. The van der Waals surface area contributed by atoms with Crippen molar-refractivity contribution >= 4 is 29.1 Å². The van der Waals surface area contributed by atoms with E-state index in [0.717, 1.165) is 35.7 Å². The summed E-state index contributed by atoms with van der Waals surface area (Å²) in [4.78, 5) is 45.6. The van der Waals surface area contributed by atoms with Crippen molar-refractivity contribution in [1.29, 1.82) is 0 Å². The van der Waals surface area contributed by atoms with E-state index in [1.807, 2.05) is 28.9 Å². The van der Waals surface area contributed by atoms with E-state index in [2.05, 4.69) is 0 Å². The number of carbonyl (C=O) groups is 3. The minimum absolute atomic E-state index is 0.0137. The van der Waals surface area contributed by atoms with Crippen molar-refractivity contribution in [2.45, 2.75) is 26.7 Å². The summed E-state index contributed by atoms with van der Waals surface area (Å²) in [6.45, 7) is 7.13. The van der Waals surface area contributed by atoms with Gasteiger partial charge < -0.3 is 14.7 Å². The Morgan fingerprint density at radius 1 is 1.04 bits per heavy atom. The van der Waals surface area contributed by atoms with Crippen LogP contribution in [-0.2, 0) is 9.59 Å². The minimum atomic E-state index is -0.627. The third kappa shape index (κ3) is 2.73. The zero-order chi connectivity index (χ0) is 18.5. The van der Waals surface area contributed by atoms with E-state index < -0.39 is 5.41 Å². The highest BCUT2D eigenvalue weighted by Gasteiger charge is 2.59. The number of rotatable bonds is 2. The topological polar surface area (TPSA) is 60.9 Å². The van der Waals surface area contributed by atoms with Gasteiger partial charge >= 0.3 is 0 Å². The lowest BCUT2D eigenvalue weighted by molar-refractivity contribution is -0.141. The smallest absolute Gasteiger partial charge is 0.263 e. The molecule has 0 aliphatic carbocycles. The first-order chi connectivity index (χ1) is 12.4. The van der Waals surface area contributed by atoms with E-state index >= 15 is 0 Å². The average Bonchev–Trinajstić information content (AvgIpc) is 3.36. The number of hydrogen-bond acceptors (Lipinski definition) is 4. The SMILES string of the molecule is CC(=O)N1C[C@H]2CN(C(=O)c3ccc(C)s3)C[C@@]2(C(=O)N2CCCC2)C1. The number of aryl methyl sites for hydroxylation is 1. The lowest BCUT2D eigenvalue weighted by atomic mass is 9.79. The molecule has 1 aromatic heterocycles. The second kappa shape index (κ2) is 6.37. The molecule has 0 N–H and O–H groups in total. The lowest BCUT2D eigenvalue weighted by Gasteiger charge is -2.32. The summed E-state index contributed by atoms with van der Waals surface area (Å²) in [5, 5.41) is 0. The highest BCUT2D eigenvalue weighted by molar-refractivity contribution is 7.13. The zero-order valence-electron chi connectivity index (χ0n) is 15.4. The zero-order valence-corrected chi connectivity index (χ0v) is 16.2. The van der Waals surface area contributed by atoms with E-state index in [1.165, 1.54) is 11.3 Å². The molecule has 7 heteroatoms. The van der Waals surface area contributed by atoms with Crippen LogP contribution in [0.1, 0.15) is 34.3 Å². The van der Waals surface area contributed by atoms with Crippen LogP contribution in [0, 0.1) is 18.3 Å². The summed E-state index contributed by atoms with van der Waals surface area (Å²) < 4.78 is 0. The first kappa shape index (κ1) is 17.5. The van der Waals surface area contributed by atoms with Crippen LogP contribution >= 0.6 is 11.3 Å². The summed E-state index contributed by atoms with van der Waals surface area (Å²) in [6.07, 6.45) is 2.08. The highest BCUT2D eigenvalue weighted by Crippen LogP contribution is 2.45. The fourth-order valence-electron chi connectivity index (χ4n) is 4.70. The molecule has 140 valence electrons. The van der Waals surface area contributed by atoms with Gasteiger partial charge in [0.1, 0.15) is 0 Å². The van der Waals surface area contributed by atoms with Crippen LogP contribution < -0.4 is 0 Å². The standard InChI is InChI=1S/C19H25N3O3S/c1-13-5-6-16(26-13)17(24)22-10-15-9-21(14(2)23)11-19(15,12-22)18(25)20-7-3-4-8-20/h5-6,15H,3-4,7-12H2,1-2H3/t15-,19-/m0/s1. The minimum Gasteiger partial charge on any atom is -0.342 e. The molecule has 0 spiro atoms. The maximum absolute atomic E-state index is 13.4. The molecule has 6 nitrogen and oxygen atoms in total. The molecule has 3 saturated heterocycles. The number of fused-ring (bicyclic) bond motifs is 1. The van der Waals surface area contributed by atoms with E-state index in [4.69, 9.17) is 0 Å². The Balaban J connectivity index is 1.60. The number of carbonyl (C=O) groups excluding carboxylic acids is 3. The third-order valence-corrected chi connectivity index (χ3v) is 7.10. The van der Waals surface area contributed by atoms with Crippen molar-refractivity contribution in [2.75, 3.05) is 39.3 Å². The Morgan fingerprint density at radius 2 is 1.69 bits per heavy atom. The van der Waals surface area contributed by atoms with Gasteiger partial charge in [0.25, 0.3) is 5.91 Å². The molecule has 0 radical (unpaired) electrons. The van der Waals surface area contributed by atoms with Crippen molar-refractivity contribution in [3.63, 3.8) is 0 Å². The fraction of sp³-hybridized carbons (Fsp3) is 0.632. The van der Waals surface area contributed by atoms with Crippen LogP contribution in [0.3, 0.4) is 0 Å². The molecular formula is C19H25N3O3S. The Kier molecular flexibility index (Phi) is 4.29.